The molecular formula is C13H19N5O3. The normalized spacial score (nSPS) is 29.6. The van der Waals surface area contributed by atoms with Crippen LogP contribution in [0.1, 0.15) is 25.9 Å². The highest BCUT2D eigenvalue weighted by Gasteiger charge is 2.45. The number of hydrogen-bond acceptors (Lipinski definition) is 7. The van der Waals surface area contributed by atoms with Crippen molar-refractivity contribution in [2.75, 3.05) is 5.73 Å². The molecule has 1 aliphatic heterocycles. The summed E-state index contributed by atoms with van der Waals surface area (Å²) in [5, 5.41) is 20.4. The standard InChI is InChI=1S/C13H19N5O3/c1-5(2)10-8(19)9(20)13(21-10)18-4-15-7-11(14)16-6(3)17-12(7)18/h4-5,8-10,13,19-20H,1-3H3,(H2,14,16,17)/t8?,9-,10-,13-/m1/s1. The van der Waals surface area contributed by atoms with E-state index in [1.807, 2.05) is 13.8 Å². The third kappa shape index (κ3) is 2.15. The average Bonchev–Trinajstić information content (AvgIpc) is 2.93. The highest BCUT2D eigenvalue weighted by atomic mass is 16.6. The van der Waals surface area contributed by atoms with Gasteiger partial charge in [-0.25, -0.2) is 15.0 Å². The Morgan fingerprint density at radius 3 is 2.62 bits per heavy atom. The predicted molar refractivity (Wildman–Crippen MR) is 75.2 cm³/mol. The van der Waals surface area contributed by atoms with Crippen LogP contribution < -0.4 is 5.73 Å². The SMILES string of the molecule is Cc1nc(N)c2ncn([C@@H]3O[C@H](C(C)C)C(O)[C@H]3O)c2n1. The van der Waals surface area contributed by atoms with Crippen molar-refractivity contribution in [3.63, 3.8) is 0 Å². The maximum Gasteiger partial charge on any atom is 0.167 e. The van der Waals surface area contributed by atoms with E-state index >= 15 is 0 Å². The Morgan fingerprint density at radius 1 is 1.29 bits per heavy atom. The lowest BCUT2D eigenvalue weighted by atomic mass is 10.0. The summed E-state index contributed by atoms with van der Waals surface area (Å²) in [7, 11) is 0. The quantitative estimate of drug-likeness (QED) is 0.712. The summed E-state index contributed by atoms with van der Waals surface area (Å²) in [6.07, 6.45) is -1.69. The number of aliphatic hydroxyl groups excluding tert-OH is 2. The van der Waals surface area contributed by atoms with Gasteiger partial charge in [-0.3, -0.25) is 4.57 Å². The molecule has 1 aliphatic rings. The van der Waals surface area contributed by atoms with Crippen LogP contribution in [-0.2, 0) is 4.74 Å². The first-order valence-corrected chi connectivity index (χ1v) is 6.88. The van der Waals surface area contributed by atoms with Crippen LogP contribution in [0.3, 0.4) is 0 Å². The third-order valence-electron chi connectivity index (χ3n) is 3.77. The smallest absolute Gasteiger partial charge is 0.167 e. The van der Waals surface area contributed by atoms with Crippen LogP contribution in [0.2, 0.25) is 0 Å². The molecule has 0 bridgehead atoms. The van der Waals surface area contributed by atoms with Gasteiger partial charge >= 0.3 is 0 Å². The zero-order valence-electron chi connectivity index (χ0n) is 12.1. The summed E-state index contributed by atoms with van der Waals surface area (Å²) < 4.78 is 7.40. The van der Waals surface area contributed by atoms with Gasteiger partial charge in [0.25, 0.3) is 0 Å². The number of imidazole rings is 1. The molecular weight excluding hydrogens is 274 g/mol. The van der Waals surface area contributed by atoms with E-state index in [0.717, 1.165) is 0 Å². The van der Waals surface area contributed by atoms with Gasteiger partial charge in [-0.15, -0.1) is 0 Å². The monoisotopic (exact) mass is 293 g/mol. The molecule has 4 N–H and O–H groups in total. The van der Waals surface area contributed by atoms with Crippen molar-refractivity contribution in [1.82, 2.24) is 19.5 Å². The first-order valence-electron chi connectivity index (χ1n) is 6.88. The van der Waals surface area contributed by atoms with Gasteiger partial charge in [-0.2, -0.15) is 0 Å². The second kappa shape index (κ2) is 4.90. The number of fused-ring (bicyclic) bond motifs is 1. The number of aromatic nitrogens is 4. The van der Waals surface area contributed by atoms with Gasteiger partial charge in [0.15, 0.2) is 17.7 Å². The van der Waals surface area contributed by atoms with Crippen molar-refractivity contribution >= 4 is 17.0 Å². The molecule has 0 radical (unpaired) electrons. The predicted octanol–water partition coefficient (Wildman–Crippen LogP) is -0.00788. The van der Waals surface area contributed by atoms with Gasteiger partial charge in [0.2, 0.25) is 0 Å². The van der Waals surface area contributed by atoms with E-state index in [-0.39, 0.29) is 11.7 Å². The number of nitrogens with two attached hydrogens (primary N) is 1. The van der Waals surface area contributed by atoms with Crippen molar-refractivity contribution in [1.29, 1.82) is 0 Å². The van der Waals surface area contributed by atoms with Gasteiger partial charge in [0, 0.05) is 0 Å². The van der Waals surface area contributed by atoms with Crippen molar-refractivity contribution in [2.24, 2.45) is 5.92 Å². The van der Waals surface area contributed by atoms with E-state index in [1.165, 1.54) is 6.33 Å². The summed E-state index contributed by atoms with van der Waals surface area (Å²) in [6.45, 7) is 5.59. The Bertz CT molecular complexity index is 671. The van der Waals surface area contributed by atoms with Crippen LogP contribution in [0.15, 0.2) is 6.33 Å². The lowest BCUT2D eigenvalue weighted by Crippen LogP contribution is -2.33. The zero-order chi connectivity index (χ0) is 15.3. The Labute approximate surface area is 121 Å². The van der Waals surface area contributed by atoms with Crippen LogP contribution in [0, 0.1) is 12.8 Å². The molecule has 0 amide bonds. The van der Waals surface area contributed by atoms with Crippen molar-refractivity contribution < 1.29 is 14.9 Å². The number of rotatable bonds is 2. The second-order valence-electron chi connectivity index (χ2n) is 5.70. The first-order chi connectivity index (χ1) is 9.90. The fourth-order valence-corrected chi connectivity index (χ4v) is 2.70. The summed E-state index contributed by atoms with van der Waals surface area (Å²) in [6, 6.07) is 0. The van der Waals surface area contributed by atoms with E-state index in [2.05, 4.69) is 15.0 Å². The van der Waals surface area contributed by atoms with Gasteiger partial charge in [0.1, 0.15) is 23.5 Å². The molecule has 0 aromatic carbocycles. The first kappa shape index (κ1) is 14.2. The minimum Gasteiger partial charge on any atom is -0.388 e. The van der Waals surface area contributed by atoms with Crippen LogP contribution in [0.4, 0.5) is 5.82 Å². The van der Waals surface area contributed by atoms with E-state index in [4.69, 9.17) is 10.5 Å². The topological polar surface area (TPSA) is 119 Å². The molecule has 2 aromatic heterocycles. The number of aryl methyl sites for hydroxylation is 1. The fraction of sp³-hybridized carbons (Fsp3) is 0.615. The number of aliphatic hydroxyl groups is 2. The van der Waals surface area contributed by atoms with Gasteiger partial charge < -0.3 is 20.7 Å². The third-order valence-corrected chi connectivity index (χ3v) is 3.77. The highest BCUT2D eigenvalue weighted by Crippen LogP contribution is 2.34. The van der Waals surface area contributed by atoms with Crippen LogP contribution in [0.25, 0.3) is 11.2 Å². The number of nitrogen functional groups attached to an aromatic ring is 1. The maximum atomic E-state index is 10.2. The van der Waals surface area contributed by atoms with E-state index in [9.17, 15) is 10.2 Å². The minimum absolute atomic E-state index is 0.0795. The lowest BCUT2D eigenvalue weighted by molar-refractivity contribution is -0.0492. The number of anilines is 1. The second-order valence-corrected chi connectivity index (χ2v) is 5.70. The Hall–Kier alpha value is -1.77. The largest absolute Gasteiger partial charge is 0.388 e. The van der Waals surface area contributed by atoms with E-state index in [0.29, 0.717) is 17.0 Å². The number of ether oxygens (including phenoxy) is 1. The van der Waals surface area contributed by atoms with Gasteiger partial charge in [-0.1, -0.05) is 13.8 Å². The molecule has 1 fully saturated rings. The van der Waals surface area contributed by atoms with E-state index < -0.39 is 24.5 Å². The van der Waals surface area contributed by atoms with Gasteiger partial charge in [0.05, 0.1) is 12.4 Å². The van der Waals surface area contributed by atoms with Crippen LogP contribution in [0.5, 0.6) is 0 Å². The molecule has 1 unspecified atom stereocenters. The molecule has 4 atom stereocenters. The maximum absolute atomic E-state index is 10.2. The zero-order valence-corrected chi connectivity index (χ0v) is 12.1. The van der Waals surface area contributed by atoms with Crippen LogP contribution >= 0.6 is 0 Å². The molecule has 8 nitrogen and oxygen atoms in total. The van der Waals surface area contributed by atoms with Gasteiger partial charge in [-0.05, 0) is 12.8 Å². The molecule has 0 aliphatic carbocycles. The molecule has 2 aromatic rings. The molecule has 8 heteroatoms. The summed E-state index contributed by atoms with van der Waals surface area (Å²) in [5.41, 5.74) is 6.77. The Morgan fingerprint density at radius 2 is 2.00 bits per heavy atom. The molecule has 0 spiro atoms. The fourth-order valence-electron chi connectivity index (χ4n) is 2.70. The summed E-state index contributed by atoms with van der Waals surface area (Å²) >= 11 is 0. The van der Waals surface area contributed by atoms with Crippen LogP contribution in [-0.4, -0.2) is 48.0 Å². The minimum atomic E-state index is -1.05. The molecule has 3 heterocycles. The molecule has 21 heavy (non-hydrogen) atoms. The molecule has 114 valence electrons. The summed E-state index contributed by atoms with van der Waals surface area (Å²) in [4.78, 5) is 12.5. The molecule has 0 saturated carbocycles. The lowest BCUT2D eigenvalue weighted by Gasteiger charge is -2.18. The number of hydrogen-bond donors (Lipinski definition) is 3. The molecule has 1 saturated heterocycles. The number of nitrogens with zero attached hydrogens (tertiary/aromatic N) is 4. The average molecular weight is 293 g/mol. The van der Waals surface area contributed by atoms with Crippen molar-refractivity contribution in [3.8, 4) is 0 Å². The van der Waals surface area contributed by atoms with Crippen molar-refractivity contribution in [3.05, 3.63) is 12.2 Å². The highest BCUT2D eigenvalue weighted by molar-refractivity contribution is 5.81. The Balaban J connectivity index is 2.05. The van der Waals surface area contributed by atoms with E-state index in [1.54, 1.807) is 11.5 Å². The molecule has 3 rings (SSSR count). The Kier molecular flexibility index (Phi) is 3.31. The van der Waals surface area contributed by atoms with Crippen molar-refractivity contribution in [2.45, 2.75) is 45.3 Å². The summed E-state index contributed by atoms with van der Waals surface area (Å²) in [5.74, 6) is 0.871.